The Hall–Kier alpha value is -2.80. The van der Waals surface area contributed by atoms with E-state index in [1.54, 1.807) is 34.3 Å². The summed E-state index contributed by atoms with van der Waals surface area (Å²) in [5.41, 5.74) is 2.68. The molecule has 0 radical (unpaired) electrons. The Labute approximate surface area is 168 Å². The van der Waals surface area contributed by atoms with Gasteiger partial charge in [0.1, 0.15) is 12.7 Å². The minimum Gasteiger partial charge on any atom is -0.339 e. The van der Waals surface area contributed by atoms with Crippen LogP contribution < -0.4 is 0 Å². The summed E-state index contributed by atoms with van der Waals surface area (Å²) in [5.74, 6) is -0.000699. The first-order chi connectivity index (χ1) is 13.4. The van der Waals surface area contributed by atoms with Crippen LogP contribution in [0.2, 0.25) is 0 Å². The molecule has 7 heteroatoms. The summed E-state index contributed by atoms with van der Waals surface area (Å²) >= 11 is 1.61. The predicted molar refractivity (Wildman–Crippen MR) is 110 cm³/mol. The highest BCUT2D eigenvalue weighted by Gasteiger charge is 2.20. The fraction of sp³-hybridized carbons (Fsp3) is 0.333. The van der Waals surface area contributed by atoms with Crippen LogP contribution in [-0.2, 0) is 4.79 Å². The van der Waals surface area contributed by atoms with E-state index < -0.39 is 0 Å². The smallest absolute Gasteiger partial charge is 0.223 e. The van der Waals surface area contributed by atoms with E-state index in [-0.39, 0.29) is 30.6 Å². The fourth-order valence-electron chi connectivity index (χ4n) is 3.13. The van der Waals surface area contributed by atoms with Gasteiger partial charge in [0.2, 0.25) is 5.91 Å². The standard InChI is InChI=1S/C21H24N4O2S/c1-14-11-19(16(3)28-14)20(26)9-10-21(27)24(4)15(2)17-5-7-18(8-6-17)25-13-22-12-23-25/h5-8,11-13,15H,9-10H2,1-4H3/t15-/m1/s1. The minimum atomic E-state index is -0.0856. The van der Waals surface area contributed by atoms with Crippen LogP contribution in [0.5, 0.6) is 0 Å². The van der Waals surface area contributed by atoms with Crippen molar-refractivity contribution in [1.29, 1.82) is 0 Å². The molecule has 0 fully saturated rings. The third-order valence-electron chi connectivity index (χ3n) is 4.94. The number of amides is 1. The average Bonchev–Trinajstić information content (AvgIpc) is 3.34. The summed E-state index contributed by atoms with van der Waals surface area (Å²) in [6.45, 7) is 5.92. The molecule has 0 spiro atoms. The van der Waals surface area contributed by atoms with Gasteiger partial charge in [0.25, 0.3) is 0 Å². The second kappa shape index (κ2) is 8.48. The molecule has 0 saturated carbocycles. The van der Waals surface area contributed by atoms with Gasteiger partial charge in [0.15, 0.2) is 5.78 Å². The van der Waals surface area contributed by atoms with Crippen LogP contribution in [0.4, 0.5) is 0 Å². The molecule has 3 aromatic rings. The van der Waals surface area contributed by atoms with Gasteiger partial charge in [-0.25, -0.2) is 9.67 Å². The largest absolute Gasteiger partial charge is 0.339 e. The highest BCUT2D eigenvalue weighted by Crippen LogP contribution is 2.24. The van der Waals surface area contributed by atoms with Gasteiger partial charge in [0.05, 0.1) is 11.7 Å². The molecule has 28 heavy (non-hydrogen) atoms. The molecule has 0 aliphatic carbocycles. The van der Waals surface area contributed by atoms with Gasteiger partial charge in [-0.3, -0.25) is 9.59 Å². The zero-order valence-corrected chi connectivity index (χ0v) is 17.4. The van der Waals surface area contributed by atoms with E-state index in [4.69, 9.17) is 0 Å². The molecular formula is C21H24N4O2S. The first-order valence-corrected chi connectivity index (χ1v) is 9.99. The van der Waals surface area contributed by atoms with E-state index in [9.17, 15) is 9.59 Å². The molecular weight excluding hydrogens is 372 g/mol. The quantitative estimate of drug-likeness (QED) is 0.563. The second-order valence-electron chi connectivity index (χ2n) is 6.86. The second-order valence-corrected chi connectivity index (χ2v) is 8.32. The average molecular weight is 397 g/mol. The summed E-state index contributed by atoms with van der Waals surface area (Å²) < 4.78 is 1.68. The first-order valence-electron chi connectivity index (χ1n) is 9.17. The third kappa shape index (κ3) is 4.36. The van der Waals surface area contributed by atoms with Gasteiger partial charge >= 0.3 is 0 Å². The molecule has 1 atom stereocenters. The lowest BCUT2D eigenvalue weighted by Crippen LogP contribution is -2.29. The van der Waals surface area contributed by atoms with Crippen molar-refractivity contribution in [2.45, 2.75) is 39.7 Å². The van der Waals surface area contributed by atoms with Gasteiger partial charge in [0, 0.05) is 35.2 Å². The SMILES string of the molecule is Cc1cc(C(=O)CCC(=O)N(C)[C@H](C)c2ccc(-n3cncn3)cc2)c(C)s1. The minimum absolute atomic E-state index is 0.0356. The van der Waals surface area contributed by atoms with E-state index in [1.165, 1.54) is 6.33 Å². The van der Waals surface area contributed by atoms with E-state index in [2.05, 4.69) is 10.1 Å². The van der Waals surface area contributed by atoms with Crippen molar-refractivity contribution < 1.29 is 9.59 Å². The topological polar surface area (TPSA) is 68.1 Å². The summed E-state index contributed by atoms with van der Waals surface area (Å²) in [5, 5.41) is 4.11. The summed E-state index contributed by atoms with van der Waals surface area (Å²) in [4.78, 5) is 32.8. The molecule has 1 amide bonds. The number of hydrogen-bond acceptors (Lipinski definition) is 5. The number of hydrogen-bond donors (Lipinski definition) is 0. The lowest BCUT2D eigenvalue weighted by Gasteiger charge is -2.25. The number of carbonyl (C=O) groups excluding carboxylic acids is 2. The maximum absolute atomic E-state index is 12.6. The van der Waals surface area contributed by atoms with Crippen molar-refractivity contribution in [2.75, 3.05) is 7.05 Å². The molecule has 0 aliphatic heterocycles. The number of rotatable bonds is 7. The molecule has 0 N–H and O–H groups in total. The van der Waals surface area contributed by atoms with E-state index in [0.29, 0.717) is 0 Å². The van der Waals surface area contributed by atoms with Crippen LogP contribution in [-0.4, -0.2) is 38.4 Å². The lowest BCUT2D eigenvalue weighted by molar-refractivity contribution is -0.131. The molecule has 0 aliphatic rings. The van der Waals surface area contributed by atoms with E-state index in [0.717, 1.165) is 26.6 Å². The van der Waals surface area contributed by atoms with Gasteiger partial charge in [-0.05, 0) is 44.5 Å². The lowest BCUT2D eigenvalue weighted by atomic mass is 10.0. The number of thiophene rings is 1. The van der Waals surface area contributed by atoms with Crippen molar-refractivity contribution in [3.63, 3.8) is 0 Å². The number of ketones is 1. The molecule has 0 bridgehead atoms. The van der Waals surface area contributed by atoms with E-state index >= 15 is 0 Å². The Morgan fingerprint density at radius 3 is 2.46 bits per heavy atom. The number of nitrogens with zero attached hydrogens (tertiary/aromatic N) is 4. The number of aryl methyl sites for hydroxylation is 2. The number of benzene rings is 1. The Kier molecular flexibility index (Phi) is 6.04. The third-order valence-corrected chi connectivity index (χ3v) is 5.91. The number of carbonyl (C=O) groups is 2. The normalized spacial score (nSPS) is 12.0. The summed E-state index contributed by atoms with van der Waals surface area (Å²) in [6, 6.07) is 9.68. The van der Waals surface area contributed by atoms with Gasteiger partial charge in [-0.1, -0.05) is 12.1 Å². The van der Waals surface area contributed by atoms with Gasteiger partial charge < -0.3 is 4.90 Å². The van der Waals surface area contributed by atoms with Crippen molar-refractivity contribution in [3.05, 3.63) is 63.9 Å². The zero-order chi connectivity index (χ0) is 20.3. The van der Waals surface area contributed by atoms with Crippen molar-refractivity contribution in [3.8, 4) is 5.69 Å². The fourth-order valence-corrected chi connectivity index (χ4v) is 4.07. The molecule has 1 aromatic carbocycles. The molecule has 146 valence electrons. The maximum Gasteiger partial charge on any atom is 0.223 e. The molecule has 2 aromatic heterocycles. The Morgan fingerprint density at radius 1 is 1.18 bits per heavy atom. The molecule has 2 heterocycles. The molecule has 6 nitrogen and oxygen atoms in total. The van der Waals surface area contributed by atoms with Gasteiger partial charge in [-0.2, -0.15) is 5.10 Å². The molecule has 3 rings (SSSR count). The van der Waals surface area contributed by atoms with Crippen LogP contribution in [0.25, 0.3) is 5.69 Å². The Bertz CT molecular complexity index is 961. The maximum atomic E-state index is 12.6. The molecule has 0 unspecified atom stereocenters. The molecule has 0 saturated heterocycles. The Balaban J connectivity index is 1.59. The van der Waals surface area contributed by atoms with Crippen molar-refractivity contribution in [1.82, 2.24) is 19.7 Å². The highest BCUT2D eigenvalue weighted by atomic mass is 32.1. The van der Waals surface area contributed by atoms with Crippen LogP contribution in [0, 0.1) is 13.8 Å². The predicted octanol–water partition coefficient (Wildman–Crippen LogP) is 4.13. The van der Waals surface area contributed by atoms with Gasteiger partial charge in [-0.15, -0.1) is 11.3 Å². The van der Waals surface area contributed by atoms with Crippen LogP contribution in [0.1, 0.15) is 51.5 Å². The summed E-state index contributed by atoms with van der Waals surface area (Å²) in [6.07, 6.45) is 3.58. The first kappa shape index (κ1) is 19.9. The van der Waals surface area contributed by atoms with E-state index in [1.807, 2.05) is 51.1 Å². The highest BCUT2D eigenvalue weighted by molar-refractivity contribution is 7.12. The van der Waals surface area contributed by atoms with Crippen molar-refractivity contribution in [2.24, 2.45) is 0 Å². The van der Waals surface area contributed by atoms with Crippen LogP contribution >= 0.6 is 11.3 Å². The number of Topliss-reactive ketones (excluding diaryl/α,β-unsaturated/α-hetero) is 1. The zero-order valence-electron chi connectivity index (χ0n) is 16.5. The Morgan fingerprint density at radius 2 is 1.89 bits per heavy atom. The van der Waals surface area contributed by atoms with Crippen molar-refractivity contribution >= 4 is 23.0 Å². The van der Waals surface area contributed by atoms with Crippen LogP contribution in [0.3, 0.4) is 0 Å². The van der Waals surface area contributed by atoms with Crippen LogP contribution in [0.15, 0.2) is 43.0 Å². The number of aromatic nitrogens is 3. The summed E-state index contributed by atoms with van der Waals surface area (Å²) in [7, 11) is 1.78. The monoisotopic (exact) mass is 396 g/mol.